The number of aromatic amines is 2. The molecule has 184 valence electrons. The van der Waals surface area contributed by atoms with Gasteiger partial charge in [-0.1, -0.05) is 34.1 Å². The van der Waals surface area contributed by atoms with Crippen molar-refractivity contribution < 1.29 is 14.9 Å². The standard InChI is InChI=1S/C23H20BrN7O5/c1-30-19-18(21(34)27-23(30)35)31(10-13(32)11-36-14-8-6-12(24)7-9-14)22(26-19)29-28-17-15-4-2-3-5-16(15)25-20(17)33/h2-9,13,25,32-33H,10-11H2,1H3,(H,27,34,35)/t13-/m1/s1. The number of halogens is 1. The summed E-state index contributed by atoms with van der Waals surface area (Å²) in [4.78, 5) is 34.2. The number of hydrogen-bond donors (Lipinski definition) is 4. The third-order valence-corrected chi connectivity index (χ3v) is 6.06. The van der Waals surface area contributed by atoms with Gasteiger partial charge in [0.2, 0.25) is 5.88 Å². The quantitative estimate of drug-likeness (QED) is 0.226. The van der Waals surface area contributed by atoms with Crippen LogP contribution in [-0.4, -0.2) is 47.0 Å². The zero-order chi connectivity index (χ0) is 25.4. The molecule has 13 heteroatoms. The Hall–Kier alpha value is -4.23. The van der Waals surface area contributed by atoms with Crippen LogP contribution in [0.15, 0.2) is 72.8 Å². The fourth-order valence-electron chi connectivity index (χ4n) is 3.77. The van der Waals surface area contributed by atoms with Crippen LogP contribution in [0.5, 0.6) is 11.6 Å². The van der Waals surface area contributed by atoms with E-state index in [1.807, 2.05) is 18.2 Å². The number of H-pyrrole nitrogens is 2. The Morgan fingerprint density at radius 1 is 1.11 bits per heavy atom. The molecule has 5 rings (SSSR count). The summed E-state index contributed by atoms with van der Waals surface area (Å²) in [6.07, 6.45) is -1.06. The number of azo groups is 1. The molecule has 0 saturated carbocycles. The van der Waals surface area contributed by atoms with E-state index in [2.05, 4.69) is 41.1 Å². The molecule has 36 heavy (non-hydrogen) atoms. The van der Waals surface area contributed by atoms with Crippen LogP contribution < -0.4 is 16.0 Å². The molecule has 0 aliphatic carbocycles. The molecule has 0 fully saturated rings. The van der Waals surface area contributed by atoms with Crippen LogP contribution in [-0.2, 0) is 13.6 Å². The molecule has 0 spiro atoms. The SMILES string of the molecule is Cn1c(=O)[nH]c(=O)c2c1nc(N=Nc1c(O)[nH]c3ccccc13)n2C[C@@H](O)COc1ccc(Br)cc1. The zero-order valence-corrected chi connectivity index (χ0v) is 20.4. The van der Waals surface area contributed by atoms with Gasteiger partial charge in [-0.05, 0) is 30.3 Å². The topological polar surface area (TPSA) is 163 Å². The third-order valence-electron chi connectivity index (χ3n) is 5.54. The molecular formula is C23H20BrN7O5. The molecule has 0 saturated heterocycles. The van der Waals surface area contributed by atoms with Gasteiger partial charge in [-0.15, -0.1) is 10.2 Å². The van der Waals surface area contributed by atoms with E-state index in [4.69, 9.17) is 4.74 Å². The van der Waals surface area contributed by atoms with Gasteiger partial charge >= 0.3 is 5.69 Å². The molecule has 0 unspecified atom stereocenters. The molecule has 0 radical (unpaired) electrons. The van der Waals surface area contributed by atoms with Gasteiger partial charge in [-0.3, -0.25) is 18.9 Å². The van der Waals surface area contributed by atoms with Crippen molar-refractivity contribution in [3.05, 3.63) is 73.8 Å². The highest BCUT2D eigenvalue weighted by atomic mass is 79.9. The minimum absolute atomic E-state index is 0.0379. The average molecular weight is 554 g/mol. The lowest BCUT2D eigenvalue weighted by Crippen LogP contribution is -2.30. The first-order valence-corrected chi connectivity index (χ1v) is 11.6. The Balaban J connectivity index is 1.52. The molecule has 2 aromatic carbocycles. The van der Waals surface area contributed by atoms with Crippen molar-refractivity contribution in [1.82, 2.24) is 24.1 Å². The fraction of sp³-hybridized carbons (Fsp3) is 0.174. The Morgan fingerprint density at radius 3 is 2.64 bits per heavy atom. The molecule has 3 heterocycles. The second-order valence-electron chi connectivity index (χ2n) is 8.00. The molecule has 12 nitrogen and oxygen atoms in total. The fourth-order valence-corrected chi connectivity index (χ4v) is 4.03. The van der Waals surface area contributed by atoms with Crippen molar-refractivity contribution in [2.24, 2.45) is 17.3 Å². The van der Waals surface area contributed by atoms with Crippen molar-refractivity contribution in [3.8, 4) is 11.6 Å². The number of benzene rings is 2. The third kappa shape index (κ3) is 4.41. The van der Waals surface area contributed by atoms with Crippen LogP contribution in [0.4, 0.5) is 11.6 Å². The maximum absolute atomic E-state index is 12.7. The minimum atomic E-state index is -1.06. The van der Waals surface area contributed by atoms with Gasteiger partial charge in [0.05, 0.1) is 12.1 Å². The molecular weight excluding hydrogens is 534 g/mol. The van der Waals surface area contributed by atoms with Crippen LogP contribution >= 0.6 is 15.9 Å². The second kappa shape index (κ2) is 9.43. The van der Waals surface area contributed by atoms with Crippen molar-refractivity contribution in [1.29, 1.82) is 0 Å². The normalized spacial score (nSPS) is 12.6. The van der Waals surface area contributed by atoms with E-state index in [1.165, 1.54) is 16.2 Å². The molecule has 0 amide bonds. The zero-order valence-electron chi connectivity index (χ0n) is 18.8. The monoisotopic (exact) mass is 553 g/mol. The molecule has 1 atom stereocenters. The summed E-state index contributed by atoms with van der Waals surface area (Å²) in [5, 5.41) is 29.9. The van der Waals surface area contributed by atoms with E-state index in [9.17, 15) is 19.8 Å². The lowest BCUT2D eigenvalue weighted by molar-refractivity contribution is 0.0937. The highest BCUT2D eigenvalue weighted by molar-refractivity contribution is 9.10. The van der Waals surface area contributed by atoms with Crippen LogP contribution in [0.25, 0.3) is 22.1 Å². The summed E-state index contributed by atoms with van der Waals surface area (Å²) in [6, 6.07) is 14.3. The summed E-state index contributed by atoms with van der Waals surface area (Å²) < 4.78 is 9.06. The summed E-state index contributed by atoms with van der Waals surface area (Å²) in [5.41, 5.74) is -0.367. The summed E-state index contributed by atoms with van der Waals surface area (Å²) in [6.45, 7) is -0.201. The predicted octanol–water partition coefficient (Wildman–Crippen LogP) is 3.23. The maximum Gasteiger partial charge on any atom is 0.329 e. The first-order valence-electron chi connectivity index (χ1n) is 10.8. The number of nitrogens with zero attached hydrogens (tertiary/aromatic N) is 5. The molecule has 0 bridgehead atoms. The number of imidazole rings is 1. The Labute approximate surface area is 210 Å². The number of fused-ring (bicyclic) bond motifs is 2. The number of aliphatic hydroxyl groups excluding tert-OH is 1. The van der Waals surface area contributed by atoms with E-state index in [0.29, 0.717) is 16.7 Å². The van der Waals surface area contributed by atoms with Crippen LogP contribution in [0.2, 0.25) is 0 Å². The van der Waals surface area contributed by atoms with Crippen molar-refractivity contribution in [3.63, 3.8) is 0 Å². The number of hydrogen-bond acceptors (Lipinski definition) is 8. The highest BCUT2D eigenvalue weighted by Crippen LogP contribution is 2.36. The van der Waals surface area contributed by atoms with Crippen LogP contribution in [0.3, 0.4) is 0 Å². The first-order chi connectivity index (χ1) is 17.3. The van der Waals surface area contributed by atoms with E-state index in [0.717, 1.165) is 4.47 Å². The average Bonchev–Trinajstić information content (AvgIpc) is 3.38. The van der Waals surface area contributed by atoms with Gasteiger partial charge in [0, 0.05) is 16.9 Å². The Morgan fingerprint density at radius 2 is 1.86 bits per heavy atom. The maximum atomic E-state index is 12.7. The molecule has 4 N–H and O–H groups in total. The number of aryl methyl sites for hydroxylation is 1. The molecule has 5 aromatic rings. The lowest BCUT2D eigenvalue weighted by Gasteiger charge is -2.14. The van der Waals surface area contributed by atoms with E-state index in [1.54, 1.807) is 30.3 Å². The van der Waals surface area contributed by atoms with Crippen molar-refractivity contribution in [2.75, 3.05) is 6.61 Å². The summed E-state index contributed by atoms with van der Waals surface area (Å²) in [7, 11) is 1.46. The van der Waals surface area contributed by atoms with Gasteiger partial charge in [0.15, 0.2) is 16.9 Å². The number of aliphatic hydroxyl groups is 1. The smallest absolute Gasteiger partial charge is 0.329 e. The van der Waals surface area contributed by atoms with Gasteiger partial charge in [0.25, 0.3) is 11.5 Å². The number of aromatic hydroxyl groups is 1. The van der Waals surface area contributed by atoms with Crippen LogP contribution in [0.1, 0.15) is 0 Å². The minimum Gasteiger partial charge on any atom is -0.493 e. The summed E-state index contributed by atoms with van der Waals surface area (Å²) in [5.74, 6) is 0.336. The van der Waals surface area contributed by atoms with E-state index < -0.39 is 17.4 Å². The highest BCUT2D eigenvalue weighted by Gasteiger charge is 2.20. The van der Waals surface area contributed by atoms with Gasteiger partial charge in [-0.25, -0.2) is 4.79 Å². The first kappa shape index (κ1) is 23.5. The van der Waals surface area contributed by atoms with Gasteiger partial charge < -0.3 is 19.9 Å². The van der Waals surface area contributed by atoms with Crippen molar-refractivity contribution in [2.45, 2.75) is 12.6 Å². The number of aromatic nitrogens is 5. The predicted molar refractivity (Wildman–Crippen MR) is 135 cm³/mol. The molecule has 0 aliphatic heterocycles. The second-order valence-corrected chi connectivity index (χ2v) is 8.92. The number of ether oxygens (including phenoxy) is 1. The molecule has 0 aliphatic rings. The number of para-hydroxylation sites is 1. The lowest BCUT2D eigenvalue weighted by atomic mass is 10.2. The Kier molecular flexibility index (Phi) is 6.16. The van der Waals surface area contributed by atoms with Crippen LogP contribution in [0, 0.1) is 0 Å². The van der Waals surface area contributed by atoms with Crippen molar-refractivity contribution >= 4 is 49.6 Å². The Bertz CT molecular complexity index is 1720. The number of nitrogens with one attached hydrogen (secondary N) is 2. The largest absolute Gasteiger partial charge is 0.493 e. The van der Waals surface area contributed by atoms with Gasteiger partial charge in [0.1, 0.15) is 18.5 Å². The number of rotatable bonds is 7. The summed E-state index contributed by atoms with van der Waals surface area (Å²) >= 11 is 3.35. The van der Waals surface area contributed by atoms with E-state index in [-0.39, 0.29) is 41.8 Å². The van der Waals surface area contributed by atoms with E-state index >= 15 is 0 Å². The van der Waals surface area contributed by atoms with Gasteiger partial charge in [-0.2, -0.15) is 4.98 Å². The molecule has 3 aromatic heterocycles.